The van der Waals surface area contributed by atoms with Crippen molar-refractivity contribution in [3.8, 4) is 0 Å². The molecule has 0 aromatic carbocycles. The Hall–Kier alpha value is -1.10. The van der Waals surface area contributed by atoms with Crippen molar-refractivity contribution in [2.45, 2.75) is 26.1 Å². The number of hydrogen-bond acceptors (Lipinski definition) is 4. The summed E-state index contributed by atoms with van der Waals surface area (Å²) in [6, 6.07) is 0. The molecule has 1 N–H and O–H groups in total. The molecule has 1 atom stereocenters. The number of carbonyl (C=O) groups is 2. The number of carboxylic acids is 1. The highest BCUT2D eigenvalue weighted by molar-refractivity contribution is 5.97. The summed E-state index contributed by atoms with van der Waals surface area (Å²) in [5, 5.41) is 8.43. The summed E-state index contributed by atoms with van der Waals surface area (Å²) >= 11 is 0. The van der Waals surface area contributed by atoms with Gasteiger partial charge in [-0.25, -0.2) is 9.59 Å². The summed E-state index contributed by atoms with van der Waals surface area (Å²) in [5.41, 5.74) is 0. The van der Waals surface area contributed by atoms with E-state index in [-0.39, 0.29) is 6.10 Å². The van der Waals surface area contributed by atoms with Crippen molar-refractivity contribution in [3.05, 3.63) is 0 Å². The fraction of sp³-hybridized carbons (Fsp3) is 0.714. The van der Waals surface area contributed by atoms with Crippen molar-refractivity contribution in [3.63, 3.8) is 0 Å². The fourth-order valence-corrected chi connectivity index (χ4v) is 0.592. The van der Waals surface area contributed by atoms with E-state index >= 15 is 0 Å². The average molecular weight is 176 g/mol. The van der Waals surface area contributed by atoms with Gasteiger partial charge < -0.3 is 14.6 Å². The molecule has 0 fully saturated rings. The Balaban J connectivity index is 4.13. The predicted molar refractivity (Wildman–Crippen MR) is 39.7 cm³/mol. The molecule has 0 saturated heterocycles. The third-order valence-electron chi connectivity index (χ3n) is 1.03. The van der Waals surface area contributed by atoms with Crippen LogP contribution >= 0.6 is 0 Å². The van der Waals surface area contributed by atoms with Gasteiger partial charge in [-0.1, -0.05) is 0 Å². The summed E-state index contributed by atoms with van der Waals surface area (Å²) in [6.07, 6.45) is -1.86. The van der Waals surface area contributed by atoms with Gasteiger partial charge in [-0.2, -0.15) is 0 Å². The second kappa shape index (κ2) is 4.71. The van der Waals surface area contributed by atoms with Crippen LogP contribution in [-0.4, -0.2) is 36.4 Å². The maximum absolute atomic E-state index is 10.9. The van der Waals surface area contributed by atoms with Crippen molar-refractivity contribution in [1.82, 2.24) is 0 Å². The highest BCUT2D eigenvalue weighted by Gasteiger charge is 2.27. The van der Waals surface area contributed by atoms with Crippen molar-refractivity contribution >= 4 is 11.9 Å². The van der Waals surface area contributed by atoms with E-state index in [0.717, 1.165) is 7.11 Å². The van der Waals surface area contributed by atoms with Gasteiger partial charge in [0.2, 0.25) is 0 Å². The lowest BCUT2D eigenvalue weighted by Gasteiger charge is -2.12. The summed E-state index contributed by atoms with van der Waals surface area (Å²) < 4.78 is 9.02. The van der Waals surface area contributed by atoms with E-state index in [2.05, 4.69) is 9.47 Å². The molecule has 0 aromatic rings. The molecule has 0 aliphatic rings. The molecule has 12 heavy (non-hydrogen) atoms. The van der Waals surface area contributed by atoms with Crippen LogP contribution in [-0.2, 0) is 19.1 Å². The molecule has 0 bridgehead atoms. The lowest BCUT2D eigenvalue weighted by atomic mass is 10.3. The summed E-state index contributed by atoms with van der Waals surface area (Å²) in [7, 11) is 1.14. The summed E-state index contributed by atoms with van der Waals surface area (Å²) in [6.45, 7) is 3.26. The number of methoxy groups -OCH3 is 1. The third kappa shape index (κ3) is 3.34. The molecule has 0 radical (unpaired) electrons. The van der Waals surface area contributed by atoms with Crippen LogP contribution in [0, 0.1) is 0 Å². The molecule has 0 aliphatic carbocycles. The largest absolute Gasteiger partial charge is 0.479 e. The number of carboxylic acid groups (broad SMARTS) is 1. The molecule has 5 nitrogen and oxygen atoms in total. The minimum atomic E-state index is -1.52. The van der Waals surface area contributed by atoms with Crippen molar-refractivity contribution in [2.24, 2.45) is 0 Å². The van der Waals surface area contributed by atoms with E-state index in [1.807, 2.05) is 0 Å². The van der Waals surface area contributed by atoms with Gasteiger partial charge in [-0.3, -0.25) is 0 Å². The minimum absolute atomic E-state index is 0.338. The zero-order valence-corrected chi connectivity index (χ0v) is 7.23. The van der Waals surface area contributed by atoms with E-state index in [4.69, 9.17) is 5.11 Å². The van der Waals surface area contributed by atoms with Gasteiger partial charge in [0.15, 0.2) is 0 Å². The standard InChI is InChI=1S/C7H12O5/c1-4(2)12-7(10)5(11-3)6(8)9/h4-5H,1-3H3,(H,8,9). The normalized spacial score (nSPS) is 12.7. The van der Waals surface area contributed by atoms with E-state index < -0.39 is 18.0 Å². The maximum Gasteiger partial charge on any atom is 0.347 e. The Morgan fingerprint density at radius 3 is 2.08 bits per heavy atom. The van der Waals surface area contributed by atoms with Gasteiger partial charge >= 0.3 is 11.9 Å². The second-order valence-corrected chi connectivity index (χ2v) is 2.44. The Morgan fingerprint density at radius 2 is 1.83 bits per heavy atom. The molecule has 0 rings (SSSR count). The zero-order valence-electron chi connectivity index (χ0n) is 7.23. The summed E-state index contributed by atoms with van der Waals surface area (Å²) in [4.78, 5) is 21.2. The van der Waals surface area contributed by atoms with Crippen LogP contribution < -0.4 is 0 Å². The fourth-order valence-electron chi connectivity index (χ4n) is 0.592. The van der Waals surface area contributed by atoms with E-state index in [1.165, 1.54) is 0 Å². The molecular weight excluding hydrogens is 164 g/mol. The molecule has 70 valence electrons. The van der Waals surface area contributed by atoms with Crippen LogP contribution in [0.1, 0.15) is 13.8 Å². The molecule has 1 unspecified atom stereocenters. The first-order valence-electron chi connectivity index (χ1n) is 3.45. The molecule has 0 amide bonds. The first-order chi connectivity index (χ1) is 5.49. The molecule has 0 aliphatic heterocycles. The average Bonchev–Trinajstić information content (AvgIpc) is 1.85. The Kier molecular flexibility index (Phi) is 4.28. The Labute approximate surface area is 70.3 Å². The van der Waals surface area contributed by atoms with Crippen LogP contribution in [0.4, 0.5) is 0 Å². The van der Waals surface area contributed by atoms with Crippen LogP contribution in [0.25, 0.3) is 0 Å². The van der Waals surface area contributed by atoms with Gasteiger partial charge in [0.25, 0.3) is 6.10 Å². The van der Waals surface area contributed by atoms with E-state index in [9.17, 15) is 9.59 Å². The first-order valence-corrected chi connectivity index (χ1v) is 3.45. The molecule has 0 heterocycles. The van der Waals surface area contributed by atoms with Crippen molar-refractivity contribution < 1.29 is 24.2 Å². The summed E-state index contributed by atoms with van der Waals surface area (Å²) in [5.74, 6) is -2.22. The lowest BCUT2D eigenvalue weighted by molar-refractivity contribution is -0.170. The predicted octanol–water partition coefficient (Wildman–Crippen LogP) is 0.0376. The highest BCUT2D eigenvalue weighted by atomic mass is 16.6. The highest BCUT2D eigenvalue weighted by Crippen LogP contribution is 1.98. The van der Waals surface area contributed by atoms with Crippen molar-refractivity contribution in [1.29, 1.82) is 0 Å². The first kappa shape index (κ1) is 10.9. The molecule has 5 heteroatoms. The smallest absolute Gasteiger partial charge is 0.347 e. The quantitative estimate of drug-likeness (QED) is 0.483. The Morgan fingerprint density at radius 1 is 1.33 bits per heavy atom. The lowest BCUT2D eigenvalue weighted by Crippen LogP contribution is -2.34. The number of aliphatic carboxylic acids is 1. The van der Waals surface area contributed by atoms with E-state index in [0.29, 0.717) is 0 Å². The van der Waals surface area contributed by atoms with Gasteiger partial charge in [-0.05, 0) is 13.8 Å². The third-order valence-corrected chi connectivity index (χ3v) is 1.03. The van der Waals surface area contributed by atoms with Gasteiger partial charge in [0.05, 0.1) is 6.10 Å². The number of rotatable bonds is 4. The molecule has 0 saturated carbocycles. The van der Waals surface area contributed by atoms with Crippen molar-refractivity contribution in [2.75, 3.05) is 7.11 Å². The maximum atomic E-state index is 10.9. The Bertz CT molecular complexity index is 175. The van der Waals surface area contributed by atoms with Gasteiger partial charge in [0, 0.05) is 7.11 Å². The van der Waals surface area contributed by atoms with Gasteiger partial charge in [-0.15, -0.1) is 0 Å². The van der Waals surface area contributed by atoms with Crippen LogP contribution in [0.2, 0.25) is 0 Å². The molecular formula is C7H12O5. The topological polar surface area (TPSA) is 72.8 Å². The minimum Gasteiger partial charge on any atom is -0.479 e. The van der Waals surface area contributed by atoms with E-state index in [1.54, 1.807) is 13.8 Å². The number of hydrogen-bond donors (Lipinski definition) is 1. The monoisotopic (exact) mass is 176 g/mol. The number of ether oxygens (including phenoxy) is 2. The molecule has 0 spiro atoms. The van der Waals surface area contributed by atoms with Crippen LogP contribution in [0.3, 0.4) is 0 Å². The zero-order chi connectivity index (χ0) is 9.72. The molecule has 0 aromatic heterocycles. The van der Waals surface area contributed by atoms with Crippen LogP contribution in [0.15, 0.2) is 0 Å². The number of esters is 1. The van der Waals surface area contributed by atoms with Gasteiger partial charge in [0.1, 0.15) is 0 Å². The SMILES string of the molecule is COC(C(=O)O)C(=O)OC(C)C. The number of carbonyl (C=O) groups excluding carboxylic acids is 1. The second-order valence-electron chi connectivity index (χ2n) is 2.44. The van der Waals surface area contributed by atoms with Crippen LogP contribution in [0.5, 0.6) is 0 Å².